The summed E-state index contributed by atoms with van der Waals surface area (Å²) in [5.74, 6) is 0.511. The Kier molecular flexibility index (Phi) is 6.63. The largest absolute Gasteiger partial charge is 0.497 e. The first-order chi connectivity index (χ1) is 13.5. The van der Waals surface area contributed by atoms with Crippen LogP contribution in [0.4, 0.5) is 5.69 Å². The van der Waals surface area contributed by atoms with E-state index in [0.29, 0.717) is 17.3 Å². The lowest BCUT2D eigenvalue weighted by Gasteiger charge is -2.21. The number of nitrogens with zero attached hydrogens (tertiary/aromatic N) is 2. The van der Waals surface area contributed by atoms with Crippen LogP contribution in [-0.2, 0) is 11.2 Å². The summed E-state index contributed by atoms with van der Waals surface area (Å²) in [5.41, 5.74) is 8.24. The number of thiazole rings is 1. The van der Waals surface area contributed by atoms with Crippen molar-refractivity contribution < 1.29 is 9.84 Å². The zero-order chi connectivity index (χ0) is 20.1. The molecule has 4 N–H and O–H groups in total. The molecule has 9 heteroatoms. The van der Waals surface area contributed by atoms with E-state index in [2.05, 4.69) is 27.7 Å². The van der Waals surface area contributed by atoms with Crippen LogP contribution >= 0.6 is 23.6 Å². The van der Waals surface area contributed by atoms with Crippen molar-refractivity contribution in [2.75, 3.05) is 12.4 Å². The molecule has 3 rings (SSSR count). The molecule has 0 aliphatic carbocycles. The highest BCUT2D eigenvalue weighted by Gasteiger charge is 2.16. The van der Waals surface area contributed by atoms with Crippen LogP contribution in [0.3, 0.4) is 0 Å². The van der Waals surface area contributed by atoms with Crippen molar-refractivity contribution in [1.82, 2.24) is 20.2 Å². The number of rotatable bonds is 8. The van der Waals surface area contributed by atoms with E-state index < -0.39 is 6.23 Å². The summed E-state index contributed by atoms with van der Waals surface area (Å²) in [7, 11) is 1.58. The molecule has 2 aromatic heterocycles. The predicted molar refractivity (Wildman–Crippen MR) is 117 cm³/mol. The van der Waals surface area contributed by atoms with Gasteiger partial charge < -0.3 is 15.2 Å². The molecule has 3 aromatic rings. The van der Waals surface area contributed by atoms with Gasteiger partial charge in [-0.3, -0.25) is 9.83 Å². The number of aliphatic hydroxyl groups is 1. The number of methoxy groups -OCH3 is 1. The number of imidazole rings is 1. The fraction of sp³-hybridized carbons (Fsp3) is 0.263. The van der Waals surface area contributed by atoms with Crippen molar-refractivity contribution in [3.63, 3.8) is 0 Å². The van der Waals surface area contributed by atoms with Gasteiger partial charge in [0.15, 0.2) is 10.1 Å². The second kappa shape index (κ2) is 9.16. The Morgan fingerprint density at radius 3 is 3.04 bits per heavy atom. The number of thiocarbonyl (C=S) groups is 1. The number of fused-ring (bicyclic) bond motifs is 1. The van der Waals surface area contributed by atoms with Gasteiger partial charge in [-0.15, -0.1) is 11.3 Å². The van der Waals surface area contributed by atoms with Gasteiger partial charge in [0.1, 0.15) is 12.0 Å². The summed E-state index contributed by atoms with van der Waals surface area (Å²) < 4.78 is 7.12. The molecular formula is C19H23N5O2S2. The molecule has 0 spiro atoms. The van der Waals surface area contributed by atoms with Gasteiger partial charge in [0.2, 0.25) is 0 Å². The van der Waals surface area contributed by atoms with E-state index in [1.54, 1.807) is 18.4 Å². The third-order valence-electron chi connectivity index (χ3n) is 4.24. The van der Waals surface area contributed by atoms with Crippen LogP contribution in [0.2, 0.25) is 0 Å². The van der Waals surface area contributed by atoms with Gasteiger partial charge in [-0.2, -0.15) is 0 Å². The normalized spacial score (nSPS) is 13.1. The van der Waals surface area contributed by atoms with E-state index in [9.17, 15) is 5.11 Å². The highest BCUT2D eigenvalue weighted by atomic mass is 32.1. The quantitative estimate of drug-likeness (QED) is 0.194. The molecule has 0 saturated heterocycles. The minimum atomic E-state index is -0.793. The highest BCUT2D eigenvalue weighted by Crippen LogP contribution is 2.18. The fourth-order valence-corrected chi connectivity index (χ4v) is 3.54. The highest BCUT2D eigenvalue weighted by molar-refractivity contribution is 7.80. The summed E-state index contributed by atoms with van der Waals surface area (Å²) in [4.78, 5) is 5.49. The maximum Gasteiger partial charge on any atom is 0.193 e. The summed E-state index contributed by atoms with van der Waals surface area (Å²) in [6.07, 6.45) is 3.80. The van der Waals surface area contributed by atoms with E-state index in [-0.39, 0.29) is 5.92 Å². The van der Waals surface area contributed by atoms with Crippen LogP contribution in [0.25, 0.3) is 10.7 Å². The number of hydrogen-bond acceptors (Lipinski definition) is 6. The molecular weight excluding hydrogens is 394 g/mol. The molecule has 0 aliphatic rings. The number of anilines is 1. The number of hydrogen-bond donors (Lipinski definition) is 4. The molecule has 2 heterocycles. The molecule has 2 unspecified atom stereocenters. The minimum Gasteiger partial charge on any atom is -0.497 e. The first-order valence-corrected chi connectivity index (χ1v) is 10.00. The van der Waals surface area contributed by atoms with Gasteiger partial charge in [0, 0.05) is 34.9 Å². The van der Waals surface area contributed by atoms with Crippen LogP contribution < -0.4 is 16.2 Å². The van der Waals surface area contributed by atoms with E-state index in [1.165, 1.54) is 0 Å². The average molecular weight is 418 g/mol. The lowest BCUT2D eigenvalue weighted by atomic mass is 10.0. The summed E-state index contributed by atoms with van der Waals surface area (Å²) in [6, 6.07) is 7.54. The van der Waals surface area contributed by atoms with Crippen LogP contribution in [0, 0.1) is 5.92 Å². The second-order valence-electron chi connectivity index (χ2n) is 6.38. The monoisotopic (exact) mass is 417 g/mol. The van der Waals surface area contributed by atoms with Gasteiger partial charge >= 0.3 is 0 Å². The molecule has 0 amide bonds. The molecule has 2 atom stereocenters. The van der Waals surface area contributed by atoms with Crippen molar-refractivity contribution in [1.29, 1.82) is 0 Å². The van der Waals surface area contributed by atoms with Gasteiger partial charge in [0.25, 0.3) is 0 Å². The van der Waals surface area contributed by atoms with E-state index >= 15 is 0 Å². The van der Waals surface area contributed by atoms with Crippen molar-refractivity contribution in [2.24, 2.45) is 5.92 Å². The number of aliphatic hydroxyl groups excluding tert-OH is 1. The molecule has 0 aliphatic heterocycles. The topological polar surface area (TPSA) is 82.8 Å². The number of aromatic nitrogens is 2. The standard InChI is InChI=1S/C19H23N5O2S2/c1-12(9-16-11-24-7-8-28-19(24)21-16)17(25)22-23-18(27)20-15-6-4-5-14(10-15)13(2)26-3/h4-8,10-12,17,22,25H,2,9H2,1,3H3,(H2,20,23,27). The maximum atomic E-state index is 10.3. The SMILES string of the molecule is C=C(OC)c1cccc(NC(=S)NNC(O)C(C)Cc2cn3ccsc3n2)c1. The summed E-state index contributed by atoms with van der Waals surface area (Å²) in [5, 5.41) is 15.7. The number of ether oxygens (including phenoxy) is 1. The molecule has 0 radical (unpaired) electrons. The van der Waals surface area contributed by atoms with Crippen molar-refractivity contribution >= 4 is 45.1 Å². The Morgan fingerprint density at radius 1 is 1.46 bits per heavy atom. The third kappa shape index (κ3) is 5.08. The van der Waals surface area contributed by atoms with Crippen LogP contribution in [-0.4, -0.2) is 32.9 Å². The van der Waals surface area contributed by atoms with E-state index in [1.807, 2.05) is 53.4 Å². The molecule has 7 nitrogen and oxygen atoms in total. The van der Waals surface area contributed by atoms with Crippen LogP contribution in [0.5, 0.6) is 0 Å². The Balaban J connectivity index is 1.48. The van der Waals surface area contributed by atoms with Gasteiger partial charge in [-0.25, -0.2) is 10.4 Å². The zero-order valence-corrected chi connectivity index (χ0v) is 17.3. The molecule has 1 aromatic carbocycles. The first kappa shape index (κ1) is 20.3. The number of benzene rings is 1. The van der Waals surface area contributed by atoms with Crippen LogP contribution in [0.1, 0.15) is 18.2 Å². The zero-order valence-electron chi connectivity index (χ0n) is 15.7. The second-order valence-corrected chi connectivity index (χ2v) is 7.66. The minimum absolute atomic E-state index is 0.0618. The maximum absolute atomic E-state index is 10.3. The molecule has 0 bridgehead atoms. The Labute approximate surface area is 173 Å². The van der Waals surface area contributed by atoms with E-state index in [4.69, 9.17) is 17.0 Å². The summed E-state index contributed by atoms with van der Waals surface area (Å²) in [6.45, 7) is 5.79. The first-order valence-electron chi connectivity index (χ1n) is 8.71. The Bertz CT molecular complexity index is 940. The molecule has 148 valence electrons. The van der Waals surface area contributed by atoms with Crippen LogP contribution in [0.15, 0.2) is 48.6 Å². The number of hydrazine groups is 1. The molecule has 0 saturated carbocycles. The molecule has 28 heavy (non-hydrogen) atoms. The van der Waals surface area contributed by atoms with Crippen molar-refractivity contribution in [3.8, 4) is 0 Å². The van der Waals surface area contributed by atoms with Gasteiger partial charge in [-0.05, 0) is 30.8 Å². The lowest BCUT2D eigenvalue weighted by Crippen LogP contribution is -2.49. The van der Waals surface area contributed by atoms with E-state index in [0.717, 1.165) is 21.9 Å². The predicted octanol–water partition coefficient (Wildman–Crippen LogP) is 3.00. The lowest BCUT2D eigenvalue weighted by molar-refractivity contribution is 0.0752. The smallest absolute Gasteiger partial charge is 0.193 e. The average Bonchev–Trinajstić information content (AvgIpc) is 3.27. The number of nitrogens with one attached hydrogen (secondary N) is 3. The third-order valence-corrected chi connectivity index (χ3v) is 5.21. The van der Waals surface area contributed by atoms with Gasteiger partial charge in [-0.1, -0.05) is 25.6 Å². The Morgan fingerprint density at radius 2 is 2.29 bits per heavy atom. The Hall–Kier alpha value is -2.46. The van der Waals surface area contributed by atoms with Crippen molar-refractivity contribution in [2.45, 2.75) is 19.6 Å². The fourth-order valence-electron chi connectivity index (χ4n) is 2.65. The van der Waals surface area contributed by atoms with Crippen molar-refractivity contribution in [3.05, 3.63) is 59.9 Å². The molecule has 0 fully saturated rings. The summed E-state index contributed by atoms with van der Waals surface area (Å²) >= 11 is 6.86. The van der Waals surface area contributed by atoms with Gasteiger partial charge in [0.05, 0.1) is 12.8 Å².